The van der Waals surface area contributed by atoms with Gasteiger partial charge in [-0.15, -0.1) is 0 Å². The molecule has 2 nitrogen and oxygen atoms in total. The highest BCUT2D eigenvalue weighted by Gasteiger charge is 2.48. The van der Waals surface area contributed by atoms with Crippen LogP contribution in [0.2, 0.25) is 0 Å². The van der Waals surface area contributed by atoms with Gasteiger partial charge in [-0.05, 0) is 63.9 Å². The fraction of sp³-hybridized carbons (Fsp3) is 0.600. The number of nitrogens with two attached hydrogens (primary N) is 1. The predicted octanol–water partition coefficient (Wildman–Crippen LogP) is 2.61. The molecule has 1 aliphatic rings. The fourth-order valence-corrected chi connectivity index (χ4v) is 3.17. The first-order valence-electron chi connectivity index (χ1n) is 6.49. The molecule has 94 valence electrons. The fourth-order valence-electron chi connectivity index (χ4n) is 3.17. The van der Waals surface area contributed by atoms with Crippen LogP contribution in [-0.4, -0.2) is 13.6 Å². The maximum Gasteiger partial charge on any atom is 0.0392 e. The summed E-state index contributed by atoms with van der Waals surface area (Å²) in [6.07, 6.45) is 2.50. The monoisotopic (exact) mass is 232 g/mol. The Kier molecular flexibility index (Phi) is 3.28. The third-order valence-electron chi connectivity index (χ3n) is 4.23. The lowest BCUT2D eigenvalue weighted by Crippen LogP contribution is -2.33. The summed E-state index contributed by atoms with van der Waals surface area (Å²) >= 11 is 0. The van der Waals surface area contributed by atoms with Gasteiger partial charge in [-0.25, -0.2) is 0 Å². The molecule has 1 saturated carbocycles. The Labute approximate surface area is 105 Å². The van der Waals surface area contributed by atoms with Crippen molar-refractivity contribution in [3.63, 3.8) is 0 Å². The van der Waals surface area contributed by atoms with E-state index < -0.39 is 0 Å². The van der Waals surface area contributed by atoms with Gasteiger partial charge in [-0.3, -0.25) is 0 Å². The summed E-state index contributed by atoms with van der Waals surface area (Å²) in [5.74, 6) is 0. The molecular weight excluding hydrogens is 208 g/mol. The van der Waals surface area contributed by atoms with Gasteiger partial charge in [0.05, 0.1) is 0 Å². The third kappa shape index (κ3) is 2.12. The molecule has 0 aliphatic heterocycles. The van der Waals surface area contributed by atoms with E-state index in [2.05, 4.69) is 45.3 Å². The van der Waals surface area contributed by atoms with Crippen LogP contribution in [0, 0.1) is 26.2 Å². The largest absolute Gasteiger partial charge is 0.330 e. The summed E-state index contributed by atoms with van der Waals surface area (Å²) in [7, 11) is 2.05. The van der Waals surface area contributed by atoms with E-state index >= 15 is 0 Å². The lowest BCUT2D eigenvalue weighted by atomic mass is 9.84. The van der Waals surface area contributed by atoms with Gasteiger partial charge < -0.3 is 11.1 Å². The first kappa shape index (κ1) is 12.6. The highest BCUT2D eigenvalue weighted by molar-refractivity contribution is 5.41. The van der Waals surface area contributed by atoms with Crippen molar-refractivity contribution < 1.29 is 0 Å². The second-order valence-electron chi connectivity index (χ2n) is 5.60. The molecule has 1 aromatic carbocycles. The number of aryl methyl sites for hydroxylation is 3. The maximum atomic E-state index is 5.97. The number of nitrogens with one attached hydrogen (secondary N) is 1. The molecule has 17 heavy (non-hydrogen) atoms. The molecule has 1 aliphatic carbocycles. The van der Waals surface area contributed by atoms with Crippen LogP contribution in [0.25, 0.3) is 0 Å². The van der Waals surface area contributed by atoms with E-state index in [1.54, 1.807) is 0 Å². The molecule has 2 rings (SSSR count). The average Bonchev–Trinajstić information content (AvgIpc) is 3.03. The number of benzene rings is 1. The van der Waals surface area contributed by atoms with Gasteiger partial charge in [0.2, 0.25) is 0 Å². The third-order valence-corrected chi connectivity index (χ3v) is 4.23. The van der Waals surface area contributed by atoms with Crippen molar-refractivity contribution in [1.29, 1.82) is 0 Å². The molecule has 1 unspecified atom stereocenters. The highest BCUT2D eigenvalue weighted by atomic mass is 14.9. The molecule has 0 spiro atoms. The summed E-state index contributed by atoms with van der Waals surface area (Å²) < 4.78 is 0. The molecule has 0 bridgehead atoms. The first-order valence-corrected chi connectivity index (χ1v) is 6.49. The number of hydrogen-bond donors (Lipinski definition) is 2. The van der Waals surface area contributed by atoms with E-state index in [1.807, 2.05) is 0 Å². The summed E-state index contributed by atoms with van der Waals surface area (Å²) in [5.41, 5.74) is 11.9. The smallest absolute Gasteiger partial charge is 0.0392 e. The van der Waals surface area contributed by atoms with E-state index in [4.69, 9.17) is 5.73 Å². The van der Waals surface area contributed by atoms with Crippen LogP contribution in [0.5, 0.6) is 0 Å². The van der Waals surface area contributed by atoms with Crippen LogP contribution in [0.4, 0.5) is 0 Å². The molecule has 0 radical (unpaired) electrons. The zero-order valence-corrected chi connectivity index (χ0v) is 11.4. The lowest BCUT2D eigenvalue weighted by Gasteiger charge is -2.29. The van der Waals surface area contributed by atoms with Crippen molar-refractivity contribution in [3.05, 3.63) is 34.4 Å². The number of hydrogen-bond acceptors (Lipinski definition) is 2. The van der Waals surface area contributed by atoms with Crippen LogP contribution < -0.4 is 11.1 Å². The Morgan fingerprint density at radius 1 is 1.24 bits per heavy atom. The molecule has 1 atom stereocenters. The minimum Gasteiger partial charge on any atom is -0.330 e. The number of rotatable bonds is 4. The SMILES string of the molecule is CNC(c1c(C)cc(C)cc1C)C1(CN)CC1. The quantitative estimate of drug-likeness (QED) is 0.837. The first-order chi connectivity index (χ1) is 8.04. The van der Waals surface area contributed by atoms with Crippen molar-refractivity contribution in [2.24, 2.45) is 11.1 Å². The Bertz CT molecular complexity index is 396. The molecular formula is C15H24N2. The average molecular weight is 232 g/mol. The summed E-state index contributed by atoms with van der Waals surface area (Å²) in [6.45, 7) is 7.37. The highest BCUT2D eigenvalue weighted by Crippen LogP contribution is 2.54. The van der Waals surface area contributed by atoms with Gasteiger partial charge in [0.25, 0.3) is 0 Å². The standard InChI is InChI=1S/C15H24N2/c1-10-7-11(2)13(12(3)8-10)14(17-4)15(9-16)5-6-15/h7-8,14,17H,5-6,9,16H2,1-4H3. The van der Waals surface area contributed by atoms with Crippen molar-refractivity contribution in [3.8, 4) is 0 Å². The molecule has 0 amide bonds. The topological polar surface area (TPSA) is 38.0 Å². The lowest BCUT2D eigenvalue weighted by molar-refractivity contribution is 0.364. The van der Waals surface area contributed by atoms with Gasteiger partial charge in [-0.2, -0.15) is 0 Å². The predicted molar refractivity (Wildman–Crippen MR) is 73.2 cm³/mol. The molecule has 3 N–H and O–H groups in total. The van der Waals surface area contributed by atoms with Gasteiger partial charge in [0, 0.05) is 11.5 Å². The zero-order chi connectivity index (χ0) is 12.6. The zero-order valence-electron chi connectivity index (χ0n) is 11.4. The van der Waals surface area contributed by atoms with Crippen molar-refractivity contribution in [1.82, 2.24) is 5.32 Å². The maximum absolute atomic E-state index is 5.97. The summed E-state index contributed by atoms with van der Waals surface area (Å²) in [6, 6.07) is 4.96. The van der Waals surface area contributed by atoms with E-state index in [0.29, 0.717) is 11.5 Å². The van der Waals surface area contributed by atoms with Gasteiger partial charge in [-0.1, -0.05) is 17.7 Å². The van der Waals surface area contributed by atoms with Crippen molar-refractivity contribution in [2.75, 3.05) is 13.6 Å². The normalized spacial score (nSPS) is 19.1. The molecule has 0 saturated heterocycles. The Morgan fingerprint density at radius 2 is 1.76 bits per heavy atom. The second-order valence-corrected chi connectivity index (χ2v) is 5.60. The second kappa shape index (κ2) is 4.43. The Morgan fingerprint density at radius 3 is 2.12 bits per heavy atom. The van der Waals surface area contributed by atoms with Crippen LogP contribution >= 0.6 is 0 Å². The van der Waals surface area contributed by atoms with E-state index in [-0.39, 0.29) is 0 Å². The van der Waals surface area contributed by atoms with Crippen LogP contribution in [0.15, 0.2) is 12.1 Å². The van der Waals surface area contributed by atoms with Crippen molar-refractivity contribution >= 4 is 0 Å². The van der Waals surface area contributed by atoms with E-state index in [1.165, 1.54) is 35.1 Å². The van der Waals surface area contributed by atoms with Gasteiger partial charge in [0.1, 0.15) is 0 Å². The summed E-state index contributed by atoms with van der Waals surface area (Å²) in [4.78, 5) is 0. The van der Waals surface area contributed by atoms with Crippen LogP contribution in [-0.2, 0) is 0 Å². The van der Waals surface area contributed by atoms with Crippen molar-refractivity contribution in [2.45, 2.75) is 39.7 Å². The van der Waals surface area contributed by atoms with E-state index in [9.17, 15) is 0 Å². The molecule has 2 heteroatoms. The minimum absolute atomic E-state index is 0.305. The summed E-state index contributed by atoms with van der Waals surface area (Å²) in [5, 5.41) is 3.49. The molecule has 1 fully saturated rings. The van der Waals surface area contributed by atoms with Gasteiger partial charge >= 0.3 is 0 Å². The van der Waals surface area contributed by atoms with Gasteiger partial charge in [0.15, 0.2) is 0 Å². The van der Waals surface area contributed by atoms with Crippen LogP contribution in [0.1, 0.15) is 41.1 Å². The van der Waals surface area contributed by atoms with Crippen LogP contribution in [0.3, 0.4) is 0 Å². The molecule has 1 aromatic rings. The minimum atomic E-state index is 0.305. The molecule has 0 aromatic heterocycles. The molecule has 0 heterocycles. The Hall–Kier alpha value is -0.860. The van der Waals surface area contributed by atoms with E-state index in [0.717, 1.165) is 6.54 Å². The Balaban J connectivity index is 2.44.